The number of rotatable bonds is 3. The van der Waals surface area contributed by atoms with E-state index in [1.807, 2.05) is 0 Å². The van der Waals surface area contributed by atoms with Gasteiger partial charge in [0.25, 0.3) is 0 Å². The molecule has 0 N–H and O–H groups in total. The van der Waals surface area contributed by atoms with Gasteiger partial charge in [-0.05, 0) is 43.4 Å². The van der Waals surface area contributed by atoms with Crippen LogP contribution in [0.25, 0.3) is 10.2 Å². The zero-order chi connectivity index (χ0) is 13.2. The third-order valence-electron chi connectivity index (χ3n) is 3.63. The second-order valence-electron chi connectivity index (χ2n) is 5.19. The standard InChI is InChI=1S/C14H17ClN2OS/c1-9-7-11-12(16-14(15)17-13(11)19-9)18-8-10-5-3-2-4-6-10/h7,10H,2-6,8H2,1H3. The fourth-order valence-electron chi connectivity index (χ4n) is 2.65. The molecule has 102 valence electrons. The molecule has 1 saturated carbocycles. The molecule has 2 aromatic rings. The lowest BCUT2D eigenvalue weighted by Crippen LogP contribution is -2.15. The minimum atomic E-state index is 0.271. The van der Waals surface area contributed by atoms with Crippen molar-refractivity contribution in [3.05, 3.63) is 16.2 Å². The van der Waals surface area contributed by atoms with E-state index in [0.717, 1.165) is 16.8 Å². The maximum absolute atomic E-state index is 5.96. The molecule has 2 aromatic heterocycles. The van der Waals surface area contributed by atoms with E-state index in [1.165, 1.54) is 37.0 Å². The molecule has 3 nitrogen and oxygen atoms in total. The van der Waals surface area contributed by atoms with Gasteiger partial charge in [-0.15, -0.1) is 11.3 Å². The summed E-state index contributed by atoms with van der Waals surface area (Å²) in [5.74, 6) is 1.31. The topological polar surface area (TPSA) is 35.0 Å². The third-order valence-corrected chi connectivity index (χ3v) is 4.75. The van der Waals surface area contributed by atoms with E-state index < -0.39 is 0 Å². The Bertz CT molecular complexity index is 578. The highest BCUT2D eigenvalue weighted by atomic mass is 35.5. The molecule has 3 rings (SSSR count). The number of hydrogen-bond acceptors (Lipinski definition) is 4. The molecular formula is C14H17ClN2OS. The largest absolute Gasteiger partial charge is 0.477 e. The van der Waals surface area contributed by atoms with Crippen LogP contribution in [0.4, 0.5) is 0 Å². The third kappa shape index (κ3) is 3.00. The number of thiophene rings is 1. The molecular weight excluding hydrogens is 280 g/mol. The molecule has 5 heteroatoms. The van der Waals surface area contributed by atoms with Gasteiger partial charge in [-0.25, -0.2) is 4.98 Å². The SMILES string of the molecule is Cc1cc2c(OCC3CCCCC3)nc(Cl)nc2s1. The molecule has 0 aliphatic heterocycles. The first-order chi connectivity index (χ1) is 9.22. The van der Waals surface area contributed by atoms with Crippen molar-refractivity contribution in [2.45, 2.75) is 39.0 Å². The average Bonchev–Trinajstić information content (AvgIpc) is 2.77. The first-order valence-corrected chi connectivity index (χ1v) is 7.98. The summed E-state index contributed by atoms with van der Waals surface area (Å²) in [5, 5.41) is 1.26. The van der Waals surface area contributed by atoms with Crippen molar-refractivity contribution in [3.63, 3.8) is 0 Å². The number of nitrogens with zero attached hydrogens (tertiary/aromatic N) is 2. The van der Waals surface area contributed by atoms with Gasteiger partial charge in [-0.1, -0.05) is 19.3 Å². The summed E-state index contributed by atoms with van der Waals surface area (Å²) in [4.78, 5) is 10.6. The van der Waals surface area contributed by atoms with Gasteiger partial charge >= 0.3 is 0 Å². The lowest BCUT2D eigenvalue weighted by Gasteiger charge is -2.21. The van der Waals surface area contributed by atoms with Gasteiger partial charge in [0.2, 0.25) is 11.2 Å². The van der Waals surface area contributed by atoms with Crippen molar-refractivity contribution in [2.24, 2.45) is 5.92 Å². The summed E-state index contributed by atoms with van der Waals surface area (Å²) >= 11 is 7.59. The highest BCUT2D eigenvalue weighted by Crippen LogP contribution is 2.32. The van der Waals surface area contributed by atoms with Gasteiger partial charge in [-0.3, -0.25) is 0 Å². The number of fused-ring (bicyclic) bond motifs is 1. The van der Waals surface area contributed by atoms with Crippen LogP contribution in [0.5, 0.6) is 5.88 Å². The van der Waals surface area contributed by atoms with E-state index in [-0.39, 0.29) is 5.28 Å². The Balaban J connectivity index is 1.79. The number of aromatic nitrogens is 2. The summed E-state index contributed by atoms with van der Waals surface area (Å²) in [6.45, 7) is 2.81. The molecule has 0 amide bonds. The first kappa shape index (κ1) is 13.1. The number of hydrogen-bond donors (Lipinski definition) is 0. The summed E-state index contributed by atoms with van der Waals surface area (Å²) in [5.41, 5.74) is 0. The number of halogens is 1. The zero-order valence-electron chi connectivity index (χ0n) is 11.0. The molecule has 0 spiro atoms. The molecule has 0 unspecified atom stereocenters. The highest BCUT2D eigenvalue weighted by Gasteiger charge is 2.16. The zero-order valence-corrected chi connectivity index (χ0v) is 12.6. The Morgan fingerprint density at radius 1 is 1.32 bits per heavy atom. The number of aryl methyl sites for hydroxylation is 1. The van der Waals surface area contributed by atoms with Crippen molar-refractivity contribution >= 4 is 33.2 Å². The predicted octanol–water partition coefficient (Wildman–Crippen LogP) is 4.61. The highest BCUT2D eigenvalue weighted by molar-refractivity contribution is 7.18. The van der Waals surface area contributed by atoms with Gasteiger partial charge in [0.15, 0.2) is 0 Å². The van der Waals surface area contributed by atoms with Gasteiger partial charge in [0.1, 0.15) is 4.83 Å². The predicted molar refractivity (Wildman–Crippen MR) is 79.2 cm³/mol. The molecule has 0 bridgehead atoms. The van der Waals surface area contributed by atoms with Crippen molar-refractivity contribution in [3.8, 4) is 5.88 Å². The maximum atomic E-state index is 5.96. The first-order valence-electron chi connectivity index (χ1n) is 6.79. The van der Waals surface area contributed by atoms with E-state index in [1.54, 1.807) is 11.3 Å². The van der Waals surface area contributed by atoms with Gasteiger partial charge in [0, 0.05) is 4.88 Å². The van der Waals surface area contributed by atoms with Gasteiger partial charge in [0.05, 0.1) is 12.0 Å². The van der Waals surface area contributed by atoms with Crippen LogP contribution in [0, 0.1) is 12.8 Å². The monoisotopic (exact) mass is 296 g/mol. The van der Waals surface area contributed by atoms with Crippen LogP contribution in [0.15, 0.2) is 6.07 Å². The normalized spacial score (nSPS) is 16.9. The lowest BCUT2D eigenvalue weighted by molar-refractivity contribution is 0.205. The van der Waals surface area contributed by atoms with E-state index in [2.05, 4.69) is 23.0 Å². The van der Waals surface area contributed by atoms with E-state index in [9.17, 15) is 0 Å². The fourth-order valence-corrected chi connectivity index (χ4v) is 3.73. The Morgan fingerprint density at radius 2 is 2.11 bits per heavy atom. The van der Waals surface area contributed by atoms with Crippen molar-refractivity contribution < 1.29 is 4.74 Å². The smallest absolute Gasteiger partial charge is 0.227 e. The van der Waals surface area contributed by atoms with Crippen LogP contribution in [0.1, 0.15) is 37.0 Å². The Morgan fingerprint density at radius 3 is 2.89 bits per heavy atom. The van der Waals surface area contributed by atoms with Crippen LogP contribution < -0.4 is 4.74 Å². The molecule has 0 aromatic carbocycles. The van der Waals surface area contributed by atoms with Crippen LogP contribution in [-0.2, 0) is 0 Å². The van der Waals surface area contributed by atoms with Crippen LogP contribution in [0.3, 0.4) is 0 Å². The summed E-state index contributed by atoms with van der Waals surface area (Å²) < 4.78 is 5.92. The van der Waals surface area contributed by atoms with Crippen LogP contribution in [0.2, 0.25) is 5.28 Å². The van der Waals surface area contributed by atoms with Crippen molar-refractivity contribution in [1.29, 1.82) is 0 Å². The molecule has 0 radical (unpaired) electrons. The lowest BCUT2D eigenvalue weighted by atomic mass is 9.90. The van der Waals surface area contributed by atoms with Gasteiger partial charge < -0.3 is 4.74 Å². The molecule has 1 aliphatic carbocycles. The summed E-state index contributed by atoms with van der Waals surface area (Å²) in [6, 6.07) is 2.08. The fraction of sp³-hybridized carbons (Fsp3) is 0.571. The Hall–Kier alpha value is -0.870. The Kier molecular flexibility index (Phi) is 3.89. The van der Waals surface area contributed by atoms with Gasteiger partial charge in [-0.2, -0.15) is 4.98 Å². The second-order valence-corrected chi connectivity index (χ2v) is 6.76. The maximum Gasteiger partial charge on any atom is 0.227 e. The second kappa shape index (κ2) is 5.63. The minimum Gasteiger partial charge on any atom is -0.477 e. The van der Waals surface area contributed by atoms with E-state index in [0.29, 0.717) is 11.8 Å². The average molecular weight is 297 g/mol. The molecule has 19 heavy (non-hydrogen) atoms. The minimum absolute atomic E-state index is 0.271. The van der Waals surface area contributed by atoms with Crippen molar-refractivity contribution in [2.75, 3.05) is 6.61 Å². The van der Waals surface area contributed by atoms with E-state index >= 15 is 0 Å². The molecule has 0 saturated heterocycles. The van der Waals surface area contributed by atoms with E-state index in [4.69, 9.17) is 16.3 Å². The molecule has 1 fully saturated rings. The molecule has 0 atom stereocenters. The summed E-state index contributed by atoms with van der Waals surface area (Å²) in [6.07, 6.45) is 6.55. The summed E-state index contributed by atoms with van der Waals surface area (Å²) in [7, 11) is 0. The van der Waals surface area contributed by atoms with Crippen LogP contribution in [-0.4, -0.2) is 16.6 Å². The molecule has 1 aliphatic rings. The Labute approximate surface area is 122 Å². The quantitative estimate of drug-likeness (QED) is 0.776. The van der Waals surface area contributed by atoms with Crippen LogP contribution >= 0.6 is 22.9 Å². The van der Waals surface area contributed by atoms with Crippen molar-refractivity contribution in [1.82, 2.24) is 9.97 Å². The number of ether oxygens (including phenoxy) is 1. The molecule has 2 heterocycles.